The van der Waals surface area contributed by atoms with Gasteiger partial charge < -0.3 is 5.32 Å². The number of fused-ring (bicyclic) bond motifs is 1. The van der Waals surface area contributed by atoms with E-state index in [9.17, 15) is 23.2 Å². The minimum absolute atomic E-state index is 0.0905. The maximum absolute atomic E-state index is 15.0. The third-order valence-electron chi connectivity index (χ3n) is 7.80. The monoisotopic (exact) mass is 687 g/mol. The van der Waals surface area contributed by atoms with E-state index in [1.54, 1.807) is 24.3 Å². The van der Waals surface area contributed by atoms with Crippen LogP contribution < -0.4 is 22.0 Å². The maximum atomic E-state index is 15.0. The molecule has 0 spiro atoms. The fourth-order valence-corrected chi connectivity index (χ4v) is 6.84. The number of thiophene rings is 1. The number of tetrazole rings is 1. The Morgan fingerprint density at radius 3 is 2.33 bits per heavy atom. The number of carbonyl (C=O) groups is 1. The van der Waals surface area contributed by atoms with Crippen molar-refractivity contribution in [3.05, 3.63) is 128 Å². The number of hydrogen-bond donors (Lipinski definition) is 2. The van der Waals surface area contributed by atoms with Gasteiger partial charge in [0.2, 0.25) is 0 Å². The fourth-order valence-electron chi connectivity index (χ4n) is 5.54. The molecule has 0 bridgehead atoms. The molecule has 3 aromatic carbocycles. The van der Waals surface area contributed by atoms with Gasteiger partial charge in [0.25, 0.3) is 5.56 Å². The molecule has 252 valence electrons. The van der Waals surface area contributed by atoms with Crippen molar-refractivity contribution in [2.24, 2.45) is 0 Å². The van der Waals surface area contributed by atoms with Crippen molar-refractivity contribution in [3.8, 4) is 10.4 Å². The van der Waals surface area contributed by atoms with Crippen molar-refractivity contribution in [2.75, 3.05) is 19.5 Å². The average molecular weight is 688 g/mol. The third kappa shape index (κ3) is 7.30. The van der Waals surface area contributed by atoms with Crippen LogP contribution in [0, 0.1) is 11.6 Å². The number of hydrogen-bond acceptors (Lipinski definition) is 9. The zero-order chi connectivity index (χ0) is 34.5. The number of urea groups is 1. The summed E-state index contributed by atoms with van der Waals surface area (Å²) < 4.78 is 33.7. The Hall–Kier alpha value is -5.58. The number of carbonyl (C=O) groups excluding carboxylic acids is 1. The van der Waals surface area contributed by atoms with Crippen LogP contribution in [0.5, 0.6) is 0 Å². The van der Waals surface area contributed by atoms with Gasteiger partial charge in [0.1, 0.15) is 22.8 Å². The first kappa shape index (κ1) is 33.3. The van der Waals surface area contributed by atoms with Crippen molar-refractivity contribution in [3.63, 3.8) is 0 Å². The van der Waals surface area contributed by atoms with E-state index in [1.165, 1.54) is 40.1 Å². The zero-order valence-electron chi connectivity index (χ0n) is 26.5. The number of nitrogens with zero attached hydrogens (tertiary/aromatic N) is 7. The van der Waals surface area contributed by atoms with E-state index in [1.807, 2.05) is 42.3 Å². The highest BCUT2D eigenvalue weighted by molar-refractivity contribution is 7.22. The lowest BCUT2D eigenvalue weighted by molar-refractivity contribution is 0.114. The first-order chi connectivity index (χ1) is 23.7. The number of aromatic nitrogens is 6. The molecule has 0 saturated carbocycles. The molecule has 2 N–H and O–H groups in total. The first-order valence-corrected chi connectivity index (χ1v) is 15.9. The Morgan fingerprint density at radius 2 is 1.65 bits per heavy atom. The topological polar surface area (TPSA) is 141 Å². The molecule has 16 heteroatoms. The molecule has 6 aromatic rings. The molecule has 3 heterocycles. The first-order valence-electron chi connectivity index (χ1n) is 15.1. The summed E-state index contributed by atoms with van der Waals surface area (Å²) in [7, 11) is 3.24. The number of hydroxylamine groups is 1. The van der Waals surface area contributed by atoms with Crippen LogP contribution in [-0.2, 0) is 37.6 Å². The molecule has 0 radical (unpaired) electrons. The number of aryl methyl sites for hydroxylation is 1. The SMILES string of the molecule is CONC(=O)Nc1ccc(-c2sc3c(c2CN(C)Cc2ccccc2)c(=O)n(CCn2cnnn2)c(=O)n3Cc2c(F)cccc2F)cc1. The predicted octanol–water partition coefficient (Wildman–Crippen LogP) is 4.22. The van der Waals surface area contributed by atoms with E-state index < -0.39 is 35.5 Å². The van der Waals surface area contributed by atoms with Gasteiger partial charge in [0.05, 0.1) is 32.1 Å². The Bertz CT molecular complexity index is 2180. The van der Waals surface area contributed by atoms with Crippen molar-refractivity contribution < 1.29 is 18.4 Å². The van der Waals surface area contributed by atoms with E-state index in [4.69, 9.17) is 0 Å². The van der Waals surface area contributed by atoms with Crippen LogP contribution >= 0.6 is 11.3 Å². The van der Waals surface area contributed by atoms with Crippen molar-refractivity contribution in [1.82, 2.24) is 39.7 Å². The molecular formula is C33H31F2N9O4S. The number of nitrogens with one attached hydrogen (secondary N) is 2. The van der Waals surface area contributed by atoms with Gasteiger partial charge in [0.15, 0.2) is 0 Å². The quantitative estimate of drug-likeness (QED) is 0.182. The smallest absolute Gasteiger partial charge is 0.306 e. The summed E-state index contributed by atoms with van der Waals surface area (Å²) in [5.41, 5.74) is 3.50. The van der Waals surface area contributed by atoms with E-state index in [2.05, 4.69) is 31.2 Å². The summed E-state index contributed by atoms with van der Waals surface area (Å²) in [4.78, 5) is 48.1. The standard InChI is InChI=1S/C33H31F2N9O4S/c1-41(17-21-7-4-3-5-8-21)18-25-28-30(45)43(16-15-42-20-36-39-40-42)33(47)44(19-24-26(34)9-6-10-27(24)35)31(28)49-29(25)22-11-13-23(14-12-22)37-32(46)38-48-2/h3-14,20H,15-19H2,1-2H3,(H2,37,38,46). The van der Waals surface area contributed by atoms with Gasteiger partial charge in [-0.15, -0.1) is 16.4 Å². The zero-order valence-corrected chi connectivity index (χ0v) is 27.3. The highest BCUT2D eigenvalue weighted by Crippen LogP contribution is 2.38. The molecule has 3 aromatic heterocycles. The van der Waals surface area contributed by atoms with Gasteiger partial charge in [0, 0.05) is 29.2 Å². The molecule has 0 aliphatic rings. The summed E-state index contributed by atoms with van der Waals surface area (Å²) >= 11 is 1.18. The highest BCUT2D eigenvalue weighted by Gasteiger charge is 2.25. The van der Waals surface area contributed by atoms with Gasteiger partial charge in [-0.3, -0.25) is 23.7 Å². The second kappa shape index (κ2) is 14.7. The second-order valence-electron chi connectivity index (χ2n) is 11.2. The summed E-state index contributed by atoms with van der Waals surface area (Å²) in [6.45, 7) is 0.424. The molecule has 0 atom stereocenters. The highest BCUT2D eigenvalue weighted by atomic mass is 32.1. The molecule has 49 heavy (non-hydrogen) atoms. The lowest BCUT2D eigenvalue weighted by Gasteiger charge is -2.18. The van der Waals surface area contributed by atoms with Crippen LogP contribution in [0.15, 0.2) is 88.7 Å². The van der Waals surface area contributed by atoms with Crippen molar-refractivity contribution >= 4 is 33.3 Å². The maximum Gasteiger partial charge on any atom is 0.343 e. The number of halogens is 2. The van der Waals surface area contributed by atoms with Gasteiger partial charge in [-0.05, 0) is 58.4 Å². The predicted molar refractivity (Wildman–Crippen MR) is 180 cm³/mol. The van der Waals surface area contributed by atoms with Crippen LogP contribution in [0.4, 0.5) is 19.3 Å². The lowest BCUT2D eigenvalue weighted by atomic mass is 10.1. The molecule has 0 aliphatic carbocycles. The molecule has 6 rings (SSSR count). The van der Waals surface area contributed by atoms with E-state index in [-0.39, 0.29) is 28.9 Å². The average Bonchev–Trinajstić information content (AvgIpc) is 3.74. The van der Waals surface area contributed by atoms with Crippen LogP contribution in [0.2, 0.25) is 0 Å². The molecule has 2 amide bonds. The molecule has 13 nitrogen and oxygen atoms in total. The molecule has 0 aliphatic heterocycles. The van der Waals surface area contributed by atoms with Crippen LogP contribution in [-0.4, -0.2) is 54.4 Å². The lowest BCUT2D eigenvalue weighted by Crippen LogP contribution is -2.41. The normalized spacial score (nSPS) is 11.4. The molecule has 0 saturated heterocycles. The Kier molecular flexibility index (Phi) is 9.98. The Labute approximate surface area is 281 Å². The number of benzene rings is 3. The van der Waals surface area contributed by atoms with Crippen LogP contribution in [0.25, 0.3) is 20.7 Å². The minimum atomic E-state index is -0.813. The van der Waals surface area contributed by atoms with Gasteiger partial charge in [-0.25, -0.2) is 28.5 Å². The van der Waals surface area contributed by atoms with E-state index in [0.717, 1.165) is 22.3 Å². The summed E-state index contributed by atoms with van der Waals surface area (Å²) in [5, 5.41) is 14.0. The molecule has 0 unspecified atom stereocenters. The summed E-state index contributed by atoms with van der Waals surface area (Å²) in [6, 6.07) is 19.7. The largest absolute Gasteiger partial charge is 0.343 e. The van der Waals surface area contributed by atoms with Crippen molar-refractivity contribution in [1.29, 1.82) is 0 Å². The fraction of sp³-hybridized carbons (Fsp3) is 0.212. The van der Waals surface area contributed by atoms with Crippen LogP contribution in [0.3, 0.4) is 0 Å². The second-order valence-corrected chi connectivity index (χ2v) is 12.2. The van der Waals surface area contributed by atoms with Crippen molar-refractivity contribution in [2.45, 2.75) is 32.7 Å². The number of rotatable bonds is 12. The van der Waals surface area contributed by atoms with E-state index in [0.29, 0.717) is 34.8 Å². The van der Waals surface area contributed by atoms with Gasteiger partial charge in [-0.2, -0.15) is 0 Å². The number of anilines is 1. The molecule has 0 fully saturated rings. The minimum Gasteiger partial charge on any atom is -0.306 e. The molecular weight excluding hydrogens is 656 g/mol. The summed E-state index contributed by atoms with van der Waals surface area (Å²) in [6.07, 6.45) is 1.36. The third-order valence-corrected chi connectivity index (χ3v) is 9.10. The summed E-state index contributed by atoms with van der Waals surface area (Å²) in [5.74, 6) is -1.63. The van der Waals surface area contributed by atoms with Gasteiger partial charge >= 0.3 is 11.7 Å². The van der Waals surface area contributed by atoms with Crippen LogP contribution in [0.1, 0.15) is 16.7 Å². The Morgan fingerprint density at radius 1 is 0.918 bits per heavy atom. The number of amides is 2. The van der Waals surface area contributed by atoms with E-state index >= 15 is 0 Å². The van der Waals surface area contributed by atoms with Gasteiger partial charge in [-0.1, -0.05) is 48.5 Å². The Balaban J connectivity index is 1.53.